The van der Waals surface area contributed by atoms with Crippen molar-refractivity contribution in [3.8, 4) is 11.3 Å². The lowest BCUT2D eigenvalue weighted by Gasteiger charge is -2.32. The Labute approximate surface area is 147 Å². The average Bonchev–Trinajstić information content (AvgIpc) is 3.00. The molecule has 2 aromatic rings. The molecule has 6 heteroatoms. The van der Waals surface area contributed by atoms with Crippen molar-refractivity contribution in [1.29, 1.82) is 0 Å². The van der Waals surface area contributed by atoms with Gasteiger partial charge in [0, 0.05) is 18.0 Å². The first-order valence-electron chi connectivity index (χ1n) is 8.99. The minimum Gasteiger partial charge on any atom is -0.368 e. The molecule has 4 rings (SSSR count). The molecule has 1 unspecified atom stereocenters. The summed E-state index contributed by atoms with van der Waals surface area (Å²) in [5.74, 6) is 1.03. The molecule has 2 aliphatic rings. The van der Waals surface area contributed by atoms with Crippen molar-refractivity contribution in [3.63, 3.8) is 0 Å². The van der Waals surface area contributed by atoms with Crippen LogP contribution in [0.15, 0.2) is 24.3 Å². The molecule has 1 amide bonds. The number of aromatic nitrogens is 3. The Morgan fingerprint density at radius 2 is 2.24 bits per heavy atom. The number of aryl methyl sites for hydroxylation is 1. The fourth-order valence-corrected chi connectivity index (χ4v) is 3.68. The molecular weight excluding hydrogens is 316 g/mol. The van der Waals surface area contributed by atoms with E-state index >= 15 is 0 Å². The predicted octanol–water partition coefficient (Wildman–Crippen LogP) is 2.31. The van der Waals surface area contributed by atoms with E-state index in [0.717, 1.165) is 29.8 Å². The topological polar surface area (TPSA) is 69.0 Å². The highest BCUT2D eigenvalue weighted by Gasteiger charge is 2.32. The van der Waals surface area contributed by atoms with Crippen molar-refractivity contribution in [2.24, 2.45) is 11.8 Å². The summed E-state index contributed by atoms with van der Waals surface area (Å²) in [7, 11) is 0. The third kappa shape index (κ3) is 3.31. The van der Waals surface area contributed by atoms with E-state index in [1.54, 1.807) is 0 Å². The molecule has 1 aliphatic heterocycles. The minimum absolute atomic E-state index is 0.0546. The van der Waals surface area contributed by atoms with Gasteiger partial charge < -0.3 is 10.1 Å². The summed E-state index contributed by atoms with van der Waals surface area (Å²) >= 11 is 0. The second-order valence-corrected chi connectivity index (χ2v) is 7.39. The molecule has 132 valence electrons. The number of carbonyl (C=O) groups excluding carboxylic acids is 1. The molecule has 2 heterocycles. The maximum absolute atomic E-state index is 12.1. The Morgan fingerprint density at radius 3 is 3.00 bits per heavy atom. The van der Waals surface area contributed by atoms with Crippen molar-refractivity contribution in [3.05, 3.63) is 35.5 Å². The monoisotopic (exact) mass is 340 g/mol. The highest BCUT2D eigenvalue weighted by Crippen LogP contribution is 2.33. The largest absolute Gasteiger partial charge is 0.368 e. The molecule has 25 heavy (non-hydrogen) atoms. The van der Waals surface area contributed by atoms with Gasteiger partial charge in [-0.3, -0.25) is 4.79 Å². The Kier molecular flexibility index (Phi) is 4.29. The molecule has 1 saturated carbocycles. The third-order valence-corrected chi connectivity index (χ3v) is 5.21. The van der Waals surface area contributed by atoms with Crippen molar-refractivity contribution < 1.29 is 9.53 Å². The molecule has 1 aliphatic carbocycles. The smallest absolute Gasteiger partial charge is 0.223 e. The Balaban J connectivity index is 1.38. The molecule has 1 N–H and O–H groups in total. The number of rotatable bonds is 4. The number of fused-ring (bicyclic) bond motifs is 1. The molecule has 0 saturated heterocycles. The lowest BCUT2D eigenvalue weighted by molar-refractivity contribution is -0.129. The zero-order valence-electron chi connectivity index (χ0n) is 14.7. The zero-order valence-corrected chi connectivity index (χ0v) is 14.7. The third-order valence-electron chi connectivity index (χ3n) is 5.21. The molecule has 0 bridgehead atoms. The van der Waals surface area contributed by atoms with Gasteiger partial charge in [-0.2, -0.15) is 0 Å². The van der Waals surface area contributed by atoms with Crippen molar-refractivity contribution in [2.75, 3.05) is 6.54 Å². The van der Waals surface area contributed by atoms with Crippen LogP contribution in [-0.2, 0) is 22.7 Å². The minimum atomic E-state index is -0.0546. The summed E-state index contributed by atoms with van der Waals surface area (Å²) in [6.07, 6.45) is 1.95. The Bertz CT molecular complexity index is 779. The summed E-state index contributed by atoms with van der Waals surface area (Å²) in [5.41, 5.74) is 4.15. The van der Waals surface area contributed by atoms with Crippen LogP contribution in [0, 0.1) is 18.8 Å². The van der Waals surface area contributed by atoms with Crippen LogP contribution in [0.25, 0.3) is 11.3 Å². The van der Waals surface area contributed by atoms with E-state index in [2.05, 4.69) is 41.6 Å². The van der Waals surface area contributed by atoms with Crippen LogP contribution < -0.4 is 5.32 Å². The van der Waals surface area contributed by atoms with Crippen molar-refractivity contribution >= 4 is 5.91 Å². The van der Waals surface area contributed by atoms with E-state index in [4.69, 9.17) is 4.74 Å². The van der Waals surface area contributed by atoms with Gasteiger partial charge in [-0.1, -0.05) is 35.9 Å². The molecule has 1 aromatic heterocycles. The number of carbonyl (C=O) groups is 1. The number of nitrogens with zero attached hydrogens (tertiary/aromatic N) is 3. The first-order valence-corrected chi connectivity index (χ1v) is 8.99. The van der Waals surface area contributed by atoms with Crippen molar-refractivity contribution in [2.45, 2.75) is 45.9 Å². The summed E-state index contributed by atoms with van der Waals surface area (Å²) in [5, 5.41) is 11.7. The SMILES string of the molecule is Cc1cccc(-c2nnn3c2COC(CNC(=O)C2CC(C)C2)C3)c1. The van der Waals surface area contributed by atoms with Gasteiger partial charge in [0.1, 0.15) is 5.69 Å². The highest BCUT2D eigenvalue weighted by molar-refractivity contribution is 5.79. The van der Waals surface area contributed by atoms with Gasteiger partial charge in [0.15, 0.2) is 0 Å². The molecule has 1 fully saturated rings. The van der Waals surface area contributed by atoms with E-state index in [9.17, 15) is 4.79 Å². The van der Waals surface area contributed by atoms with Crippen LogP contribution in [0.2, 0.25) is 0 Å². The molecular formula is C19H24N4O2. The molecule has 6 nitrogen and oxygen atoms in total. The standard InChI is InChI=1S/C19H24N4O2/c1-12-4-3-5-14(6-12)18-17-11-25-16(10-23(17)22-21-18)9-20-19(24)15-7-13(2)8-15/h3-6,13,15-16H,7-11H2,1-2H3,(H,20,24). The van der Waals surface area contributed by atoms with E-state index < -0.39 is 0 Å². The van der Waals surface area contributed by atoms with Gasteiger partial charge in [0.25, 0.3) is 0 Å². The maximum Gasteiger partial charge on any atom is 0.223 e. The van der Waals surface area contributed by atoms with Gasteiger partial charge in [-0.15, -0.1) is 5.10 Å². The second-order valence-electron chi connectivity index (χ2n) is 7.39. The average molecular weight is 340 g/mol. The summed E-state index contributed by atoms with van der Waals surface area (Å²) in [6, 6.07) is 8.25. The maximum atomic E-state index is 12.1. The quantitative estimate of drug-likeness (QED) is 0.927. The van der Waals surface area contributed by atoms with Gasteiger partial charge >= 0.3 is 0 Å². The summed E-state index contributed by atoms with van der Waals surface area (Å²) in [4.78, 5) is 12.1. The van der Waals surface area contributed by atoms with E-state index in [0.29, 0.717) is 25.6 Å². The van der Waals surface area contributed by atoms with E-state index in [-0.39, 0.29) is 17.9 Å². The zero-order chi connectivity index (χ0) is 17.4. The normalized spacial score (nSPS) is 25.1. The number of ether oxygens (including phenoxy) is 1. The number of hydrogen-bond acceptors (Lipinski definition) is 4. The molecule has 0 spiro atoms. The van der Waals surface area contributed by atoms with Gasteiger partial charge in [-0.05, 0) is 31.7 Å². The van der Waals surface area contributed by atoms with Crippen LogP contribution in [0.5, 0.6) is 0 Å². The molecule has 1 atom stereocenters. The Morgan fingerprint density at radius 1 is 1.40 bits per heavy atom. The number of hydrogen-bond donors (Lipinski definition) is 1. The number of nitrogens with one attached hydrogen (secondary N) is 1. The van der Waals surface area contributed by atoms with E-state index in [1.165, 1.54) is 5.56 Å². The number of amides is 1. The summed E-state index contributed by atoms with van der Waals surface area (Å²) in [6.45, 7) is 5.87. The van der Waals surface area contributed by atoms with Gasteiger partial charge in [0.2, 0.25) is 5.91 Å². The van der Waals surface area contributed by atoms with Gasteiger partial charge in [-0.25, -0.2) is 4.68 Å². The predicted molar refractivity (Wildman–Crippen MR) is 93.7 cm³/mol. The van der Waals surface area contributed by atoms with Crippen LogP contribution >= 0.6 is 0 Å². The first kappa shape index (κ1) is 16.3. The number of benzene rings is 1. The van der Waals surface area contributed by atoms with Crippen molar-refractivity contribution in [1.82, 2.24) is 20.3 Å². The first-order chi connectivity index (χ1) is 12.1. The fraction of sp³-hybridized carbons (Fsp3) is 0.526. The van der Waals surface area contributed by atoms with Crippen LogP contribution in [0.1, 0.15) is 31.0 Å². The second kappa shape index (κ2) is 6.59. The lowest BCUT2D eigenvalue weighted by Crippen LogP contribution is -2.43. The van der Waals surface area contributed by atoms with E-state index in [1.807, 2.05) is 16.8 Å². The fourth-order valence-electron chi connectivity index (χ4n) is 3.68. The van der Waals surface area contributed by atoms with Gasteiger partial charge in [0.05, 0.1) is 24.9 Å². The van der Waals surface area contributed by atoms with Crippen LogP contribution in [0.4, 0.5) is 0 Å². The highest BCUT2D eigenvalue weighted by atomic mass is 16.5. The summed E-state index contributed by atoms with van der Waals surface area (Å²) < 4.78 is 7.85. The van der Waals surface area contributed by atoms with Crippen LogP contribution in [-0.4, -0.2) is 33.5 Å². The Hall–Kier alpha value is -2.21. The lowest BCUT2D eigenvalue weighted by atomic mass is 9.76. The van der Waals surface area contributed by atoms with Crippen LogP contribution in [0.3, 0.4) is 0 Å². The molecule has 1 aromatic carbocycles. The molecule has 0 radical (unpaired) electrons.